The Morgan fingerprint density at radius 1 is 1.37 bits per heavy atom. The molecule has 2 aliphatic rings. The second kappa shape index (κ2) is 5.31. The lowest BCUT2D eigenvalue weighted by Gasteiger charge is -2.42. The standard InChI is InChI=1S/C13H27N3O2S/c1-15(2)11-6-8-16(9-11)13(10-14)7-4-5-12(13)19(3,17)18/h11-12H,4-10,14H2,1-3H3. The lowest BCUT2D eigenvalue weighted by atomic mass is 9.95. The molecule has 0 bridgehead atoms. The monoisotopic (exact) mass is 289 g/mol. The van der Waals surface area contributed by atoms with Gasteiger partial charge in [-0.15, -0.1) is 0 Å². The van der Waals surface area contributed by atoms with Gasteiger partial charge in [-0.05, 0) is 33.4 Å². The summed E-state index contributed by atoms with van der Waals surface area (Å²) in [6.45, 7) is 2.35. The predicted octanol–water partition coefficient (Wildman–Crippen LogP) is -0.0831. The van der Waals surface area contributed by atoms with Crippen molar-refractivity contribution in [2.45, 2.75) is 42.5 Å². The predicted molar refractivity (Wildman–Crippen MR) is 77.9 cm³/mol. The normalized spacial score (nSPS) is 37.3. The van der Waals surface area contributed by atoms with Crippen LogP contribution in [0.1, 0.15) is 25.7 Å². The molecular weight excluding hydrogens is 262 g/mol. The number of likely N-dealkylation sites (N-methyl/N-ethyl adjacent to an activating group) is 1. The molecule has 1 heterocycles. The molecule has 0 aromatic heterocycles. The molecule has 0 aromatic rings. The molecule has 1 saturated heterocycles. The fourth-order valence-corrected chi connectivity index (χ4v) is 5.68. The van der Waals surface area contributed by atoms with Crippen molar-refractivity contribution in [1.82, 2.24) is 9.80 Å². The summed E-state index contributed by atoms with van der Waals surface area (Å²) in [5.41, 5.74) is 5.72. The molecule has 3 atom stereocenters. The van der Waals surface area contributed by atoms with Crippen LogP contribution >= 0.6 is 0 Å². The SMILES string of the molecule is CN(C)C1CCN(C2(CN)CCCC2S(C)(=O)=O)C1. The smallest absolute Gasteiger partial charge is 0.152 e. The van der Waals surface area contributed by atoms with Crippen LogP contribution in [0.4, 0.5) is 0 Å². The van der Waals surface area contributed by atoms with E-state index in [0.717, 1.165) is 38.8 Å². The lowest BCUT2D eigenvalue weighted by molar-refractivity contribution is 0.122. The Morgan fingerprint density at radius 2 is 2.05 bits per heavy atom. The fourth-order valence-electron chi connectivity index (χ4n) is 3.93. The van der Waals surface area contributed by atoms with Gasteiger partial charge in [-0.1, -0.05) is 6.42 Å². The third-order valence-corrected chi connectivity index (χ3v) is 6.78. The summed E-state index contributed by atoms with van der Waals surface area (Å²) in [5.74, 6) is 0. The van der Waals surface area contributed by atoms with Gasteiger partial charge in [0.25, 0.3) is 0 Å². The summed E-state index contributed by atoms with van der Waals surface area (Å²) in [7, 11) is 1.15. The van der Waals surface area contributed by atoms with E-state index >= 15 is 0 Å². The number of sulfone groups is 1. The minimum Gasteiger partial charge on any atom is -0.329 e. The van der Waals surface area contributed by atoms with Crippen LogP contribution in [0.2, 0.25) is 0 Å². The van der Waals surface area contributed by atoms with E-state index in [1.807, 2.05) is 0 Å². The average Bonchev–Trinajstić information content (AvgIpc) is 2.95. The zero-order valence-electron chi connectivity index (χ0n) is 12.3. The van der Waals surface area contributed by atoms with E-state index in [4.69, 9.17) is 5.73 Å². The van der Waals surface area contributed by atoms with E-state index < -0.39 is 9.84 Å². The van der Waals surface area contributed by atoms with Crippen molar-refractivity contribution in [3.63, 3.8) is 0 Å². The molecule has 1 aliphatic heterocycles. The van der Waals surface area contributed by atoms with Crippen molar-refractivity contribution in [2.75, 3.05) is 40.0 Å². The van der Waals surface area contributed by atoms with E-state index in [-0.39, 0.29) is 10.8 Å². The molecule has 1 saturated carbocycles. The van der Waals surface area contributed by atoms with Gasteiger partial charge in [0.05, 0.1) is 5.25 Å². The molecule has 2 rings (SSSR count). The van der Waals surface area contributed by atoms with Gasteiger partial charge in [0.15, 0.2) is 9.84 Å². The van der Waals surface area contributed by atoms with Gasteiger partial charge in [0.1, 0.15) is 0 Å². The maximum absolute atomic E-state index is 12.1. The van der Waals surface area contributed by atoms with E-state index in [0.29, 0.717) is 12.6 Å². The number of nitrogens with two attached hydrogens (primary N) is 1. The van der Waals surface area contributed by atoms with Crippen molar-refractivity contribution in [1.29, 1.82) is 0 Å². The molecule has 0 spiro atoms. The van der Waals surface area contributed by atoms with Crippen molar-refractivity contribution in [3.05, 3.63) is 0 Å². The highest BCUT2D eigenvalue weighted by Gasteiger charge is 2.52. The third kappa shape index (κ3) is 2.68. The van der Waals surface area contributed by atoms with Crippen LogP contribution in [-0.4, -0.2) is 75.0 Å². The summed E-state index contributed by atoms with van der Waals surface area (Å²) in [5, 5.41) is -0.286. The molecular formula is C13H27N3O2S. The van der Waals surface area contributed by atoms with E-state index in [2.05, 4.69) is 23.9 Å². The van der Waals surface area contributed by atoms with Crippen LogP contribution in [-0.2, 0) is 9.84 Å². The Kier molecular flexibility index (Phi) is 4.26. The molecule has 112 valence electrons. The van der Waals surface area contributed by atoms with Crippen LogP contribution < -0.4 is 5.73 Å². The maximum Gasteiger partial charge on any atom is 0.152 e. The Bertz CT molecular complexity index is 424. The average molecular weight is 289 g/mol. The highest BCUT2D eigenvalue weighted by molar-refractivity contribution is 7.91. The molecule has 19 heavy (non-hydrogen) atoms. The summed E-state index contributed by atoms with van der Waals surface area (Å²) < 4.78 is 24.2. The maximum atomic E-state index is 12.1. The first kappa shape index (κ1) is 15.2. The number of likely N-dealkylation sites (tertiary alicyclic amines) is 1. The minimum absolute atomic E-state index is 0.286. The van der Waals surface area contributed by atoms with Crippen LogP contribution in [0.15, 0.2) is 0 Å². The van der Waals surface area contributed by atoms with Crippen molar-refractivity contribution in [3.8, 4) is 0 Å². The Labute approximate surface area is 117 Å². The molecule has 0 aromatic carbocycles. The topological polar surface area (TPSA) is 66.6 Å². The number of nitrogens with zero attached hydrogens (tertiary/aromatic N) is 2. The highest BCUT2D eigenvalue weighted by Crippen LogP contribution is 2.40. The minimum atomic E-state index is -3.03. The van der Waals surface area contributed by atoms with Gasteiger partial charge in [0.2, 0.25) is 0 Å². The first-order chi connectivity index (χ1) is 8.81. The van der Waals surface area contributed by atoms with E-state index in [9.17, 15) is 8.42 Å². The molecule has 0 radical (unpaired) electrons. The van der Waals surface area contributed by atoms with E-state index in [1.54, 1.807) is 0 Å². The number of hydrogen-bond acceptors (Lipinski definition) is 5. The van der Waals surface area contributed by atoms with Crippen LogP contribution in [0.5, 0.6) is 0 Å². The van der Waals surface area contributed by atoms with Gasteiger partial charge in [0, 0.05) is 37.5 Å². The van der Waals surface area contributed by atoms with Gasteiger partial charge in [-0.3, -0.25) is 4.90 Å². The Morgan fingerprint density at radius 3 is 2.53 bits per heavy atom. The molecule has 1 aliphatic carbocycles. The van der Waals surface area contributed by atoms with Crippen molar-refractivity contribution >= 4 is 9.84 Å². The second-order valence-electron chi connectivity index (χ2n) is 6.37. The molecule has 5 nitrogen and oxygen atoms in total. The second-order valence-corrected chi connectivity index (χ2v) is 8.60. The number of rotatable bonds is 4. The molecule has 2 fully saturated rings. The van der Waals surface area contributed by atoms with Crippen molar-refractivity contribution in [2.24, 2.45) is 5.73 Å². The van der Waals surface area contributed by atoms with Crippen LogP contribution in [0.3, 0.4) is 0 Å². The van der Waals surface area contributed by atoms with Gasteiger partial charge >= 0.3 is 0 Å². The first-order valence-corrected chi connectivity index (χ1v) is 9.07. The lowest BCUT2D eigenvalue weighted by Crippen LogP contribution is -2.60. The van der Waals surface area contributed by atoms with E-state index in [1.165, 1.54) is 6.26 Å². The van der Waals surface area contributed by atoms with Crippen LogP contribution in [0.25, 0.3) is 0 Å². The zero-order valence-corrected chi connectivity index (χ0v) is 13.1. The van der Waals surface area contributed by atoms with Crippen LogP contribution in [0, 0.1) is 0 Å². The summed E-state index contributed by atoms with van der Waals surface area (Å²) in [4.78, 5) is 4.59. The molecule has 3 unspecified atom stereocenters. The summed E-state index contributed by atoms with van der Waals surface area (Å²) >= 11 is 0. The molecule has 2 N–H and O–H groups in total. The molecule has 6 heteroatoms. The largest absolute Gasteiger partial charge is 0.329 e. The Balaban J connectivity index is 2.24. The van der Waals surface area contributed by atoms with Gasteiger partial charge in [-0.25, -0.2) is 8.42 Å². The zero-order chi connectivity index (χ0) is 14.3. The quantitative estimate of drug-likeness (QED) is 0.784. The fraction of sp³-hybridized carbons (Fsp3) is 1.00. The highest BCUT2D eigenvalue weighted by atomic mass is 32.2. The summed E-state index contributed by atoms with van der Waals surface area (Å²) in [6.07, 6.45) is 5.12. The first-order valence-electron chi connectivity index (χ1n) is 7.11. The van der Waals surface area contributed by atoms with Crippen molar-refractivity contribution < 1.29 is 8.42 Å². The summed E-state index contributed by atoms with van der Waals surface area (Å²) in [6, 6.07) is 0.518. The number of hydrogen-bond donors (Lipinski definition) is 1. The molecule has 0 amide bonds. The van der Waals surface area contributed by atoms with Gasteiger partial charge in [-0.2, -0.15) is 0 Å². The third-order valence-electron chi connectivity index (χ3n) is 5.07. The van der Waals surface area contributed by atoms with Gasteiger partial charge < -0.3 is 10.6 Å². The Hall–Kier alpha value is -0.170.